The first kappa shape index (κ1) is 18.6. The first-order chi connectivity index (χ1) is 12.6. The maximum atomic E-state index is 13.9. The van der Waals surface area contributed by atoms with Gasteiger partial charge in [-0.05, 0) is 51.1 Å². The number of hydrogen-bond acceptors (Lipinski definition) is 4. The minimum absolute atomic E-state index is 0.0544. The fourth-order valence-corrected chi connectivity index (χ4v) is 2.79. The number of benzene rings is 2. The quantitative estimate of drug-likeness (QED) is 0.750. The van der Waals surface area contributed by atoms with Crippen LogP contribution in [0.15, 0.2) is 42.5 Å². The Morgan fingerprint density at radius 2 is 1.59 bits per heavy atom. The Morgan fingerprint density at radius 1 is 1.04 bits per heavy atom. The Bertz CT molecular complexity index is 914. The summed E-state index contributed by atoms with van der Waals surface area (Å²) in [7, 11) is 1.39. The van der Waals surface area contributed by atoms with Crippen LogP contribution in [-0.2, 0) is 4.74 Å². The van der Waals surface area contributed by atoms with Crippen LogP contribution in [0.25, 0.3) is 0 Å². The van der Waals surface area contributed by atoms with E-state index in [1.54, 1.807) is 45.0 Å². The molecule has 1 heterocycles. The smallest absolute Gasteiger partial charge is 0.414 e. The summed E-state index contributed by atoms with van der Waals surface area (Å²) >= 11 is 0. The van der Waals surface area contributed by atoms with Crippen molar-refractivity contribution in [1.82, 2.24) is 0 Å². The zero-order valence-corrected chi connectivity index (χ0v) is 15.4. The van der Waals surface area contributed by atoms with Crippen LogP contribution in [0.4, 0.5) is 20.6 Å². The molecule has 1 aliphatic rings. The topological polar surface area (TPSA) is 66.9 Å². The van der Waals surface area contributed by atoms with Crippen LogP contribution < -0.4 is 9.80 Å². The van der Waals surface area contributed by atoms with Gasteiger partial charge in [0.15, 0.2) is 0 Å². The Balaban J connectivity index is 2.05. The molecule has 0 fully saturated rings. The third-order valence-electron chi connectivity index (χ3n) is 4.00. The summed E-state index contributed by atoms with van der Waals surface area (Å²) in [6.45, 7) is 5.11. The Morgan fingerprint density at radius 3 is 2.11 bits per heavy atom. The van der Waals surface area contributed by atoms with Crippen molar-refractivity contribution in [2.75, 3.05) is 16.8 Å². The molecule has 27 heavy (non-hydrogen) atoms. The number of fused-ring (bicyclic) bond motifs is 1. The number of imide groups is 1. The number of carbonyl (C=O) groups is 3. The van der Waals surface area contributed by atoms with Crippen molar-refractivity contribution in [3.63, 3.8) is 0 Å². The van der Waals surface area contributed by atoms with Gasteiger partial charge in [0.05, 0.1) is 22.5 Å². The molecular formula is C20H19FN2O4. The second-order valence-corrected chi connectivity index (χ2v) is 7.16. The number of hydrogen-bond donors (Lipinski definition) is 0. The molecule has 1 aliphatic heterocycles. The second kappa shape index (κ2) is 6.50. The highest BCUT2D eigenvalue weighted by atomic mass is 19.1. The van der Waals surface area contributed by atoms with E-state index in [4.69, 9.17) is 4.74 Å². The summed E-state index contributed by atoms with van der Waals surface area (Å²) < 4.78 is 19.2. The predicted molar refractivity (Wildman–Crippen MR) is 98.6 cm³/mol. The monoisotopic (exact) mass is 370 g/mol. The normalized spacial score (nSPS) is 13.6. The highest BCUT2D eigenvalue weighted by Crippen LogP contribution is 2.36. The van der Waals surface area contributed by atoms with E-state index in [0.29, 0.717) is 0 Å². The van der Waals surface area contributed by atoms with Crippen molar-refractivity contribution < 1.29 is 23.5 Å². The van der Waals surface area contributed by atoms with E-state index in [1.807, 2.05) is 0 Å². The summed E-state index contributed by atoms with van der Waals surface area (Å²) in [6.07, 6.45) is -0.731. The zero-order valence-electron chi connectivity index (χ0n) is 15.4. The minimum Gasteiger partial charge on any atom is -0.443 e. The molecule has 0 bridgehead atoms. The molecule has 140 valence electrons. The van der Waals surface area contributed by atoms with Crippen molar-refractivity contribution >= 4 is 29.3 Å². The number of ether oxygens (including phenoxy) is 1. The van der Waals surface area contributed by atoms with E-state index in [9.17, 15) is 18.8 Å². The zero-order chi connectivity index (χ0) is 19.9. The van der Waals surface area contributed by atoms with E-state index in [0.717, 1.165) is 21.9 Å². The van der Waals surface area contributed by atoms with Crippen LogP contribution in [0.1, 0.15) is 41.5 Å². The fourth-order valence-electron chi connectivity index (χ4n) is 2.79. The van der Waals surface area contributed by atoms with Crippen LogP contribution >= 0.6 is 0 Å². The van der Waals surface area contributed by atoms with Gasteiger partial charge in [-0.2, -0.15) is 0 Å². The number of amides is 3. The molecule has 0 saturated carbocycles. The first-order valence-electron chi connectivity index (χ1n) is 8.34. The van der Waals surface area contributed by atoms with Crippen molar-refractivity contribution in [2.24, 2.45) is 0 Å². The van der Waals surface area contributed by atoms with Gasteiger partial charge in [0.25, 0.3) is 11.8 Å². The molecule has 0 spiro atoms. The lowest BCUT2D eigenvalue weighted by Crippen LogP contribution is -2.36. The number of halogens is 1. The highest BCUT2D eigenvalue weighted by molar-refractivity contribution is 6.35. The molecule has 0 aliphatic carbocycles. The van der Waals surface area contributed by atoms with Crippen LogP contribution in [0.5, 0.6) is 0 Å². The van der Waals surface area contributed by atoms with Crippen molar-refractivity contribution in [3.8, 4) is 0 Å². The minimum atomic E-state index is -0.756. The molecule has 0 saturated heterocycles. The molecular weight excluding hydrogens is 351 g/mol. The van der Waals surface area contributed by atoms with Crippen LogP contribution in [0.3, 0.4) is 0 Å². The van der Waals surface area contributed by atoms with Gasteiger partial charge in [-0.15, -0.1) is 0 Å². The van der Waals surface area contributed by atoms with E-state index < -0.39 is 29.3 Å². The Kier molecular flexibility index (Phi) is 4.47. The lowest BCUT2D eigenvalue weighted by atomic mass is 10.1. The molecule has 3 rings (SSSR count). The average Bonchev–Trinajstić information content (AvgIpc) is 2.84. The summed E-state index contributed by atoms with van der Waals surface area (Å²) in [6, 6.07) is 9.94. The molecule has 3 amide bonds. The maximum Gasteiger partial charge on any atom is 0.414 e. The molecule has 0 atom stereocenters. The molecule has 6 nitrogen and oxygen atoms in total. The van der Waals surface area contributed by atoms with Gasteiger partial charge in [-0.3, -0.25) is 14.5 Å². The summed E-state index contributed by atoms with van der Waals surface area (Å²) in [4.78, 5) is 39.9. The van der Waals surface area contributed by atoms with E-state index >= 15 is 0 Å². The lowest BCUT2D eigenvalue weighted by molar-refractivity contribution is 0.0588. The van der Waals surface area contributed by atoms with Crippen molar-refractivity contribution in [2.45, 2.75) is 26.4 Å². The third kappa shape index (κ3) is 3.40. The van der Waals surface area contributed by atoms with Crippen molar-refractivity contribution in [3.05, 3.63) is 59.4 Å². The van der Waals surface area contributed by atoms with E-state index in [1.165, 1.54) is 13.1 Å². The van der Waals surface area contributed by atoms with Gasteiger partial charge in [0.2, 0.25) is 0 Å². The van der Waals surface area contributed by atoms with Crippen LogP contribution in [0, 0.1) is 5.82 Å². The summed E-state index contributed by atoms with van der Waals surface area (Å²) in [5.41, 5.74) is -0.0703. The summed E-state index contributed by atoms with van der Waals surface area (Å²) in [5, 5.41) is 0. The van der Waals surface area contributed by atoms with E-state index in [2.05, 4.69) is 0 Å². The molecule has 0 radical (unpaired) electrons. The van der Waals surface area contributed by atoms with Gasteiger partial charge in [0.1, 0.15) is 11.4 Å². The average molecular weight is 370 g/mol. The van der Waals surface area contributed by atoms with Gasteiger partial charge >= 0.3 is 6.09 Å². The largest absolute Gasteiger partial charge is 0.443 e. The highest BCUT2D eigenvalue weighted by Gasteiger charge is 2.38. The van der Waals surface area contributed by atoms with Crippen LogP contribution in [-0.4, -0.2) is 30.6 Å². The first-order valence-corrected chi connectivity index (χ1v) is 8.34. The summed E-state index contributed by atoms with van der Waals surface area (Å²) in [5.74, 6) is -1.66. The molecule has 0 aromatic heterocycles. The Hall–Kier alpha value is -3.22. The second-order valence-electron chi connectivity index (χ2n) is 7.16. The molecule has 2 aromatic carbocycles. The number of nitrogens with zero attached hydrogens (tertiary/aromatic N) is 2. The van der Waals surface area contributed by atoms with E-state index in [-0.39, 0.29) is 22.5 Å². The van der Waals surface area contributed by atoms with Crippen LogP contribution in [0.2, 0.25) is 0 Å². The maximum absolute atomic E-state index is 13.9. The molecule has 0 N–H and O–H groups in total. The SMILES string of the molecule is CN(C(=O)OC(C)(C)C)c1cc(F)ccc1N1C(=O)c2ccccc2C1=O. The standard InChI is InChI=1S/C20H19FN2O4/c1-20(2,3)27-19(26)22(4)16-11-12(21)9-10-15(16)23-17(24)13-7-5-6-8-14(13)18(23)25/h5-11H,1-4H3. The number of anilines is 2. The van der Waals surface area contributed by atoms with Gasteiger partial charge in [-0.1, -0.05) is 12.1 Å². The number of carbonyl (C=O) groups excluding carboxylic acids is 3. The number of rotatable bonds is 2. The molecule has 7 heteroatoms. The van der Waals surface area contributed by atoms with Gasteiger partial charge in [-0.25, -0.2) is 14.1 Å². The predicted octanol–water partition coefficient (Wildman–Crippen LogP) is 4.00. The lowest BCUT2D eigenvalue weighted by Gasteiger charge is -2.27. The van der Waals surface area contributed by atoms with Gasteiger partial charge < -0.3 is 4.74 Å². The molecule has 0 unspecified atom stereocenters. The van der Waals surface area contributed by atoms with Gasteiger partial charge in [0, 0.05) is 7.05 Å². The Labute approximate surface area is 156 Å². The fraction of sp³-hybridized carbons (Fsp3) is 0.250. The third-order valence-corrected chi connectivity index (χ3v) is 4.00. The molecule has 2 aromatic rings. The van der Waals surface area contributed by atoms with Crippen molar-refractivity contribution in [1.29, 1.82) is 0 Å².